The van der Waals surface area contributed by atoms with Gasteiger partial charge in [-0.15, -0.1) is 0 Å². The Morgan fingerprint density at radius 3 is 2.52 bits per heavy atom. The number of alkyl halides is 3. The molecule has 2 atom stereocenters. The monoisotopic (exact) mass is 324 g/mol. The van der Waals surface area contributed by atoms with Crippen molar-refractivity contribution in [1.29, 1.82) is 0 Å². The van der Waals surface area contributed by atoms with Gasteiger partial charge >= 0.3 is 6.18 Å². The normalized spacial score (nSPS) is 22.0. The predicted molar refractivity (Wildman–Crippen MR) is 80.0 cm³/mol. The predicted octanol–water partition coefficient (Wildman–Crippen LogP) is 4.54. The first-order chi connectivity index (χ1) is 11.0. The van der Waals surface area contributed by atoms with E-state index >= 15 is 0 Å². The Morgan fingerprint density at radius 1 is 1.13 bits per heavy atom. The highest BCUT2D eigenvalue weighted by molar-refractivity contribution is 5.29. The molecule has 124 valence electrons. The van der Waals surface area contributed by atoms with E-state index in [1.54, 1.807) is 12.5 Å². The molecule has 1 aromatic carbocycles. The van der Waals surface area contributed by atoms with E-state index in [0.29, 0.717) is 11.7 Å². The molecule has 1 fully saturated rings. The molecule has 1 heterocycles. The summed E-state index contributed by atoms with van der Waals surface area (Å²) in [5.41, 5.74) is -0.650. The fourth-order valence-corrected chi connectivity index (χ4v) is 3.10. The molecule has 0 N–H and O–H groups in total. The van der Waals surface area contributed by atoms with E-state index in [-0.39, 0.29) is 6.10 Å². The fraction of sp³-hybridized carbons (Fsp3) is 0.471. The molecule has 0 saturated heterocycles. The molecule has 2 aromatic rings. The average molecular weight is 324 g/mol. The fourth-order valence-electron chi connectivity index (χ4n) is 3.10. The van der Waals surface area contributed by atoms with Crippen molar-refractivity contribution < 1.29 is 17.9 Å². The number of hydrogen-bond acceptors (Lipinski definition) is 2. The van der Waals surface area contributed by atoms with Crippen LogP contribution in [0.1, 0.15) is 31.2 Å². The van der Waals surface area contributed by atoms with E-state index in [1.165, 1.54) is 12.1 Å². The molecule has 1 saturated carbocycles. The minimum atomic E-state index is -4.31. The van der Waals surface area contributed by atoms with Crippen LogP contribution in [0, 0.1) is 5.92 Å². The summed E-state index contributed by atoms with van der Waals surface area (Å²) in [5, 5.41) is 0. The molecule has 3 rings (SSSR count). The summed E-state index contributed by atoms with van der Waals surface area (Å²) in [7, 11) is 0. The maximum Gasteiger partial charge on any atom is 0.416 e. The van der Waals surface area contributed by atoms with Crippen LogP contribution in [-0.4, -0.2) is 15.7 Å². The van der Waals surface area contributed by atoms with Crippen LogP contribution < -0.4 is 4.74 Å². The number of rotatable bonds is 4. The van der Waals surface area contributed by atoms with E-state index in [2.05, 4.69) is 4.98 Å². The van der Waals surface area contributed by atoms with Crippen LogP contribution in [0.2, 0.25) is 0 Å². The van der Waals surface area contributed by atoms with Crippen LogP contribution in [0.4, 0.5) is 13.2 Å². The number of halogens is 3. The van der Waals surface area contributed by atoms with Crippen molar-refractivity contribution in [3.05, 3.63) is 48.5 Å². The Balaban J connectivity index is 1.67. The zero-order valence-corrected chi connectivity index (χ0v) is 12.7. The van der Waals surface area contributed by atoms with Gasteiger partial charge < -0.3 is 9.30 Å². The SMILES string of the molecule is FC(F)(F)c1ccc(O[C@H]2CCCC[C@@H]2Cn2ccnc2)cc1. The zero-order chi connectivity index (χ0) is 16.3. The summed E-state index contributed by atoms with van der Waals surface area (Å²) >= 11 is 0. The largest absolute Gasteiger partial charge is 0.490 e. The number of imidazole rings is 1. The Kier molecular flexibility index (Phi) is 4.59. The average Bonchev–Trinajstić information content (AvgIpc) is 3.02. The smallest absolute Gasteiger partial charge is 0.416 e. The maximum atomic E-state index is 12.6. The highest BCUT2D eigenvalue weighted by Gasteiger charge is 2.31. The summed E-state index contributed by atoms with van der Waals surface area (Å²) in [6.07, 6.45) is 5.40. The molecule has 1 aromatic heterocycles. The quantitative estimate of drug-likeness (QED) is 0.825. The molecule has 6 heteroatoms. The molecule has 1 aliphatic rings. The molecule has 0 aliphatic heterocycles. The van der Waals surface area contributed by atoms with E-state index in [4.69, 9.17) is 4.74 Å². The van der Waals surface area contributed by atoms with Gasteiger partial charge in [0.25, 0.3) is 0 Å². The van der Waals surface area contributed by atoms with Crippen LogP contribution in [0.25, 0.3) is 0 Å². The summed E-state index contributed by atoms with van der Waals surface area (Å²) in [6.45, 7) is 0.825. The summed E-state index contributed by atoms with van der Waals surface area (Å²) in [4.78, 5) is 4.04. The molecule has 1 aliphatic carbocycles. The molecule has 0 bridgehead atoms. The first kappa shape index (κ1) is 15.9. The number of nitrogens with zero attached hydrogens (tertiary/aromatic N) is 2. The van der Waals surface area contributed by atoms with E-state index in [0.717, 1.165) is 44.4 Å². The number of benzene rings is 1. The highest BCUT2D eigenvalue weighted by Crippen LogP contribution is 2.33. The number of hydrogen-bond donors (Lipinski definition) is 0. The van der Waals surface area contributed by atoms with Gasteiger partial charge in [-0.2, -0.15) is 13.2 Å². The zero-order valence-electron chi connectivity index (χ0n) is 12.7. The van der Waals surface area contributed by atoms with Gasteiger partial charge in [0.2, 0.25) is 0 Å². The third-order valence-corrected chi connectivity index (χ3v) is 4.31. The first-order valence-corrected chi connectivity index (χ1v) is 7.82. The summed E-state index contributed by atoms with van der Waals surface area (Å²) < 4.78 is 45.8. The Bertz CT molecular complexity index is 608. The highest BCUT2D eigenvalue weighted by atomic mass is 19.4. The molecule has 0 spiro atoms. The van der Waals surface area contributed by atoms with Crippen molar-refractivity contribution in [2.24, 2.45) is 5.92 Å². The lowest BCUT2D eigenvalue weighted by atomic mass is 9.86. The topological polar surface area (TPSA) is 27.1 Å². The molecule has 23 heavy (non-hydrogen) atoms. The van der Waals surface area contributed by atoms with Gasteiger partial charge in [0.1, 0.15) is 11.9 Å². The van der Waals surface area contributed by atoms with Gasteiger partial charge in [-0.1, -0.05) is 6.42 Å². The summed E-state index contributed by atoms with van der Waals surface area (Å²) in [6, 6.07) is 4.96. The van der Waals surface area contributed by atoms with Crippen LogP contribution in [0.5, 0.6) is 5.75 Å². The standard InChI is InChI=1S/C17H19F3N2O/c18-17(19,20)14-5-7-15(8-6-14)23-16-4-2-1-3-13(16)11-22-10-9-21-12-22/h5-10,12-13,16H,1-4,11H2/t13-,16+/m1/s1. The molecule has 0 amide bonds. The second kappa shape index (κ2) is 6.64. The minimum absolute atomic E-state index is 0.0305. The van der Waals surface area contributed by atoms with E-state index in [9.17, 15) is 13.2 Å². The van der Waals surface area contributed by atoms with E-state index < -0.39 is 11.7 Å². The van der Waals surface area contributed by atoms with Crippen molar-refractivity contribution in [2.75, 3.05) is 0 Å². The third-order valence-electron chi connectivity index (χ3n) is 4.31. The Labute approximate surface area is 133 Å². The van der Waals surface area contributed by atoms with Crippen molar-refractivity contribution in [3.8, 4) is 5.75 Å². The minimum Gasteiger partial charge on any atom is -0.490 e. The van der Waals surface area contributed by atoms with Crippen molar-refractivity contribution in [1.82, 2.24) is 9.55 Å². The van der Waals surface area contributed by atoms with Crippen LogP contribution in [0.15, 0.2) is 43.0 Å². The first-order valence-electron chi connectivity index (χ1n) is 7.82. The van der Waals surface area contributed by atoms with Crippen molar-refractivity contribution in [3.63, 3.8) is 0 Å². The molecular weight excluding hydrogens is 305 g/mol. The van der Waals surface area contributed by atoms with Crippen LogP contribution >= 0.6 is 0 Å². The van der Waals surface area contributed by atoms with Crippen LogP contribution in [-0.2, 0) is 12.7 Å². The molecule has 0 radical (unpaired) electrons. The molecule has 0 unspecified atom stereocenters. The third kappa shape index (κ3) is 4.06. The van der Waals surface area contributed by atoms with Gasteiger partial charge in [-0.3, -0.25) is 0 Å². The lowest BCUT2D eigenvalue weighted by Crippen LogP contribution is -2.33. The second-order valence-corrected chi connectivity index (χ2v) is 5.98. The van der Waals surface area contributed by atoms with Crippen molar-refractivity contribution in [2.45, 2.75) is 44.5 Å². The van der Waals surface area contributed by atoms with Gasteiger partial charge in [0.15, 0.2) is 0 Å². The lowest BCUT2D eigenvalue weighted by molar-refractivity contribution is -0.137. The Morgan fingerprint density at radius 2 is 1.87 bits per heavy atom. The van der Waals surface area contributed by atoms with Gasteiger partial charge in [-0.25, -0.2) is 4.98 Å². The Hall–Kier alpha value is -1.98. The van der Waals surface area contributed by atoms with Gasteiger partial charge in [0.05, 0.1) is 11.9 Å². The summed E-state index contributed by atoms with van der Waals surface area (Å²) in [5.74, 6) is 0.848. The number of aromatic nitrogens is 2. The van der Waals surface area contributed by atoms with E-state index in [1.807, 2.05) is 10.8 Å². The second-order valence-electron chi connectivity index (χ2n) is 5.98. The maximum absolute atomic E-state index is 12.6. The number of ether oxygens (including phenoxy) is 1. The molecular formula is C17H19F3N2O. The van der Waals surface area contributed by atoms with Crippen LogP contribution in [0.3, 0.4) is 0 Å². The molecule has 3 nitrogen and oxygen atoms in total. The lowest BCUT2D eigenvalue weighted by Gasteiger charge is -2.32. The van der Waals surface area contributed by atoms with Crippen molar-refractivity contribution >= 4 is 0 Å². The van der Waals surface area contributed by atoms with Gasteiger partial charge in [0, 0.05) is 24.9 Å². The van der Waals surface area contributed by atoms with Gasteiger partial charge in [-0.05, 0) is 43.5 Å².